The van der Waals surface area contributed by atoms with Crippen molar-refractivity contribution in [3.63, 3.8) is 0 Å². The zero-order valence-corrected chi connectivity index (χ0v) is 30.4. The van der Waals surface area contributed by atoms with Crippen molar-refractivity contribution >= 4 is 55.9 Å². The molecule has 3 nitrogen and oxygen atoms in total. The lowest BCUT2D eigenvalue weighted by Gasteiger charge is -2.26. The van der Waals surface area contributed by atoms with Gasteiger partial charge in [0.15, 0.2) is 0 Å². The van der Waals surface area contributed by atoms with Crippen LogP contribution in [-0.2, 0) is 5.41 Å². The highest BCUT2D eigenvalue weighted by Gasteiger charge is 2.36. The van der Waals surface area contributed by atoms with Crippen LogP contribution in [0.25, 0.3) is 38.6 Å². The summed E-state index contributed by atoms with van der Waals surface area (Å²) in [6.07, 6.45) is 0. The molecule has 54 heavy (non-hydrogen) atoms. The van der Waals surface area contributed by atoms with Gasteiger partial charge in [0.2, 0.25) is 0 Å². The van der Waals surface area contributed by atoms with E-state index in [2.05, 4.69) is 228 Å². The highest BCUT2D eigenvalue weighted by Crippen LogP contribution is 2.51. The van der Waals surface area contributed by atoms with Crippen LogP contribution < -0.4 is 9.80 Å². The topological polar surface area (TPSA) is 11.4 Å². The predicted molar refractivity (Wildman–Crippen MR) is 228 cm³/mol. The molecule has 0 spiro atoms. The molecule has 1 aliphatic rings. The van der Waals surface area contributed by atoms with Crippen LogP contribution in [0.3, 0.4) is 0 Å². The number of para-hydroxylation sites is 4. The second kappa shape index (κ2) is 12.7. The first-order valence-corrected chi connectivity index (χ1v) is 18.7. The number of nitrogens with zero attached hydrogens (tertiary/aromatic N) is 3. The van der Waals surface area contributed by atoms with Crippen LogP contribution in [0.15, 0.2) is 200 Å². The Labute approximate surface area is 316 Å². The Balaban J connectivity index is 1.25. The van der Waals surface area contributed by atoms with Crippen LogP contribution in [0.2, 0.25) is 0 Å². The van der Waals surface area contributed by atoms with E-state index in [1.807, 2.05) is 0 Å². The molecule has 0 bridgehead atoms. The lowest BCUT2D eigenvalue weighted by Crippen LogP contribution is -2.14. The van der Waals surface area contributed by atoms with E-state index in [0.29, 0.717) is 0 Å². The molecular weight excluding hydrogens is 655 g/mol. The number of aromatic nitrogens is 1. The smallest absolute Gasteiger partial charge is 0.0561 e. The van der Waals surface area contributed by atoms with Crippen molar-refractivity contribution in [1.82, 2.24) is 4.57 Å². The van der Waals surface area contributed by atoms with Crippen LogP contribution in [0.1, 0.15) is 25.0 Å². The number of hydrogen-bond donors (Lipinski definition) is 0. The van der Waals surface area contributed by atoms with Crippen molar-refractivity contribution < 1.29 is 0 Å². The minimum atomic E-state index is -0.0995. The average Bonchev–Trinajstić information content (AvgIpc) is 3.66. The lowest BCUT2D eigenvalue weighted by molar-refractivity contribution is 0.661. The van der Waals surface area contributed by atoms with Gasteiger partial charge in [0.25, 0.3) is 0 Å². The summed E-state index contributed by atoms with van der Waals surface area (Å²) < 4.78 is 2.48. The van der Waals surface area contributed by atoms with E-state index in [0.717, 1.165) is 45.3 Å². The first-order valence-electron chi connectivity index (χ1n) is 18.7. The van der Waals surface area contributed by atoms with Crippen LogP contribution in [0, 0.1) is 0 Å². The third-order valence-electron chi connectivity index (χ3n) is 11.1. The molecular formula is C51H39N3. The standard InChI is InChI=1S/C51H39N3/c1-51(2)47-29-16-15-28-43(47)45-35-50-46(34-48(45)51)44-31-30-42(53(38-22-11-5-12-23-38)39-24-13-6-14-25-39)33-49(44)54(50)41-27-17-26-40(32-41)52(36-18-7-3-8-19-36)37-20-9-4-10-21-37/h3-35H,1-2H3. The fourth-order valence-corrected chi connectivity index (χ4v) is 8.59. The third-order valence-corrected chi connectivity index (χ3v) is 11.1. The summed E-state index contributed by atoms with van der Waals surface area (Å²) in [7, 11) is 0. The van der Waals surface area contributed by atoms with E-state index in [1.165, 1.54) is 38.5 Å². The Kier molecular flexibility index (Phi) is 7.48. The molecule has 0 saturated heterocycles. The largest absolute Gasteiger partial charge is 0.310 e. The maximum absolute atomic E-state index is 2.48. The highest BCUT2D eigenvalue weighted by molar-refractivity contribution is 6.12. The fraction of sp³-hybridized carbons (Fsp3) is 0.0588. The van der Waals surface area contributed by atoms with E-state index < -0.39 is 0 Å². The van der Waals surface area contributed by atoms with Crippen LogP contribution in [0.4, 0.5) is 34.1 Å². The molecule has 0 atom stereocenters. The van der Waals surface area contributed by atoms with Crippen LogP contribution in [0.5, 0.6) is 0 Å². The molecule has 3 heteroatoms. The molecule has 0 fully saturated rings. The Bertz CT molecular complexity index is 2710. The number of hydrogen-bond acceptors (Lipinski definition) is 2. The van der Waals surface area contributed by atoms with E-state index in [1.54, 1.807) is 0 Å². The maximum Gasteiger partial charge on any atom is 0.0561 e. The van der Waals surface area contributed by atoms with E-state index in [-0.39, 0.29) is 5.41 Å². The van der Waals surface area contributed by atoms with Gasteiger partial charge in [0.1, 0.15) is 0 Å². The van der Waals surface area contributed by atoms with Gasteiger partial charge in [-0.05, 0) is 113 Å². The Morgan fingerprint density at radius 1 is 0.352 bits per heavy atom. The molecule has 0 radical (unpaired) electrons. The summed E-state index contributed by atoms with van der Waals surface area (Å²) in [4.78, 5) is 4.69. The Morgan fingerprint density at radius 2 is 0.833 bits per heavy atom. The SMILES string of the molecule is CC1(C)c2ccccc2-c2cc3c(cc21)c1ccc(N(c2ccccc2)c2ccccc2)cc1n3-c1cccc(N(c2ccccc2)c2ccccc2)c1. The molecule has 1 heterocycles. The molecule has 0 unspecified atom stereocenters. The minimum absolute atomic E-state index is 0.0995. The van der Waals surface area contributed by atoms with Gasteiger partial charge in [-0.3, -0.25) is 0 Å². The van der Waals surface area contributed by atoms with Crippen molar-refractivity contribution in [2.75, 3.05) is 9.80 Å². The van der Waals surface area contributed by atoms with Gasteiger partial charge in [-0.2, -0.15) is 0 Å². The molecule has 9 aromatic rings. The van der Waals surface area contributed by atoms with Crippen molar-refractivity contribution in [3.05, 3.63) is 211 Å². The summed E-state index contributed by atoms with van der Waals surface area (Å²) in [6, 6.07) is 72.4. The molecule has 258 valence electrons. The molecule has 8 aromatic carbocycles. The first-order chi connectivity index (χ1) is 26.6. The number of rotatable bonds is 7. The normalized spacial score (nSPS) is 12.8. The van der Waals surface area contributed by atoms with Crippen LogP contribution >= 0.6 is 0 Å². The van der Waals surface area contributed by atoms with Gasteiger partial charge < -0.3 is 14.4 Å². The fourth-order valence-electron chi connectivity index (χ4n) is 8.59. The number of benzene rings is 8. The van der Waals surface area contributed by atoms with E-state index >= 15 is 0 Å². The number of fused-ring (bicyclic) bond motifs is 6. The van der Waals surface area contributed by atoms with Crippen molar-refractivity contribution in [3.8, 4) is 16.8 Å². The molecule has 0 saturated carbocycles. The van der Waals surface area contributed by atoms with Crippen molar-refractivity contribution in [1.29, 1.82) is 0 Å². The second-order valence-corrected chi connectivity index (χ2v) is 14.7. The molecule has 1 aliphatic carbocycles. The Morgan fingerprint density at radius 3 is 1.41 bits per heavy atom. The summed E-state index contributed by atoms with van der Waals surface area (Å²) >= 11 is 0. The van der Waals surface area contributed by atoms with Gasteiger partial charge in [-0.1, -0.05) is 123 Å². The van der Waals surface area contributed by atoms with Crippen LogP contribution in [-0.4, -0.2) is 4.57 Å². The van der Waals surface area contributed by atoms with Gasteiger partial charge in [0, 0.05) is 56.0 Å². The highest BCUT2D eigenvalue weighted by atomic mass is 15.2. The Hall–Kier alpha value is -6.84. The summed E-state index contributed by atoms with van der Waals surface area (Å²) in [5.74, 6) is 0. The lowest BCUT2D eigenvalue weighted by atomic mass is 9.82. The summed E-state index contributed by atoms with van der Waals surface area (Å²) in [6.45, 7) is 4.73. The monoisotopic (exact) mass is 693 g/mol. The summed E-state index contributed by atoms with van der Waals surface area (Å²) in [5, 5.41) is 2.49. The zero-order valence-electron chi connectivity index (χ0n) is 30.4. The molecule has 0 aliphatic heterocycles. The molecule has 1 aromatic heterocycles. The number of anilines is 6. The van der Waals surface area contributed by atoms with Gasteiger partial charge in [-0.15, -0.1) is 0 Å². The first kappa shape index (κ1) is 31.9. The van der Waals surface area contributed by atoms with Crippen molar-refractivity contribution in [2.24, 2.45) is 0 Å². The zero-order chi connectivity index (χ0) is 36.2. The van der Waals surface area contributed by atoms with Crippen molar-refractivity contribution in [2.45, 2.75) is 19.3 Å². The summed E-state index contributed by atoms with van der Waals surface area (Å²) in [5.41, 5.74) is 15.4. The quantitative estimate of drug-likeness (QED) is 0.165. The van der Waals surface area contributed by atoms with Gasteiger partial charge in [-0.25, -0.2) is 0 Å². The minimum Gasteiger partial charge on any atom is -0.310 e. The predicted octanol–water partition coefficient (Wildman–Crippen LogP) is 14.0. The van der Waals surface area contributed by atoms with Gasteiger partial charge >= 0.3 is 0 Å². The molecule has 0 amide bonds. The molecule has 10 rings (SSSR count). The second-order valence-electron chi connectivity index (χ2n) is 14.7. The van der Waals surface area contributed by atoms with E-state index in [4.69, 9.17) is 0 Å². The van der Waals surface area contributed by atoms with E-state index in [9.17, 15) is 0 Å². The molecule has 0 N–H and O–H groups in total. The third kappa shape index (κ3) is 5.12. The maximum atomic E-state index is 2.48. The van der Waals surface area contributed by atoms with Gasteiger partial charge in [0.05, 0.1) is 11.0 Å². The average molecular weight is 694 g/mol.